The van der Waals surface area contributed by atoms with Gasteiger partial charge in [-0.15, -0.1) is 0 Å². The number of anilines is 1. The number of rotatable bonds is 6. The van der Waals surface area contributed by atoms with Crippen LogP contribution in [0.5, 0.6) is 0 Å². The SMILES string of the molecule is O=C1CC(N(Cc2ccco2)C(=O)c2ccc(Cl)c([N+](=O)[O-])c2)C(=O)N1c1ccc(F)cc1. The summed E-state index contributed by atoms with van der Waals surface area (Å²) >= 11 is 5.84. The van der Waals surface area contributed by atoms with Crippen LogP contribution in [0.15, 0.2) is 65.3 Å². The van der Waals surface area contributed by atoms with Crippen LogP contribution in [0.25, 0.3) is 0 Å². The number of imide groups is 1. The molecule has 0 bridgehead atoms. The summed E-state index contributed by atoms with van der Waals surface area (Å²) in [7, 11) is 0. The Kier molecular flexibility index (Phi) is 5.93. The molecule has 3 aromatic rings. The number of carbonyl (C=O) groups is 3. The first-order valence-corrected chi connectivity index (χ1v) is 10.0. The molecule has 1 fully saturated rings. The second-order valence-corrected chi connectivity index (χ2v) is 7.61. The molecule has 3 amide bonds. The number of halogens is 2. The van der Waals surface area contributed by atoms with Crippen molar-refractivity contribution in [3.63, 3.8) is 0 Å². The first kappa shape index (κ1) is 22.2. The lowest BCUT2D eigenvalue weighted by molar-refractivity contribution is -0.384. The minimum atomic E-state index is -1.20. The van der Waals surface area contributed by atoms with E-state index in [4.69, 9.17) is 16.0 Å². The van der Waals surface area contributed by atoms with Gasteiger partial charge in [-0.25, -0.2) is 9.29 Å². The molecular formula is C22H15ClFN3O6. The number of hydrogen-bond acceptors (Lipinski definition) is 6. The molecule has 0 N–H and O–H groups in total. The van der Waals surface area contributed by atoms with Crippen LogP contribution in [-0.2, 0) is 16.1 Å². The van der Waals surface area contributed by atoms with Crippen molar-refractivity contribution in [1.29, 1.82) is 0 Å². The number of benzene rings is 2. The molecule has 0 aliphatic carbocycles. The fourth-order valence-corrected chi connectivity index (χ4v) is 3.75. The van der Waals surface area contributed by atoms with Gasteiger partial charge in [-0.05, 0) is 48.5 Å². The topological polar surface area (TPSA) is 114 Å². The molecular weight excluding hydrogens is 457 g/mol. The molecule has 0 radical (unpaired) electrons. The second-order valence-electron chi connectivity index (χ2n) is 7.20. The highest BCUT2D eigenvalue weighted by atomic mass is 35.5. The maximum Gasteiger partial charge on any atom is 0.288 e. The number of nitro groups is 1. The largest absolute Gasteiger partial charge is 0.467 e. The van der Waals surface area contributed by atoms with Crippen molar-refractivity contribution in [3.05, 3.63) is 93.1 Å². The summed E-state index contributed by atoms with van der Waals surface area (Å²) in [4.78, 5) is 51.8. The summed E-state index contributed by atoms with van der Waals surface area (Å²) in [6.45, 7) is -0.163. The van der Waals surface area contributed by atoms with Gasteiger partial charge in [0.2, 0.25) is 5.91 Å². The normalized spacial score (nSPS) is 15.7. The summed E-state index contributed by atoms with van der Waals surface area (Å²) < 4.78 is 18.6. The Hall–Kier alpha value is -4.05. The predicted molar refractivity (Wildman–Crippen MR) is 114 cm³/mol. The first-order valence-electron chi connectivity index (χ1n) is 9.66. The number of carbonyl (C=O) groups excluding carboxylic acids is 3. The standard InChI is InChI=1S/C22H15ClFN3O6/c23-17-8-3-13(10-18(17)27(31)32)21(29)25(12-16-2-1-9-33-16)19-11-20(28)26(22(19)30)15-6-4-14(24)5-7-15/h1-10,19H,11-12H2. The van der Waals surface area contributed by atoms with Gasteiger partial charge in [0, 0.05) is 11.6 Å². The van der Waals surface area contributed by atoms with Crippen LogP contribution >= 0.6 is 11.6 Å². The van der Waals surface area contributed by atoms with Crippen LogP contribution < -0.4 is 4.90 Å². The van der Waals surface area contributed by atoms with Gasteiger partial charge in [0.25, 0.3) is 17.5 Å². The zero-order chi connectivity index (χ0) is 23.7. The molecule has 168 valence electrons. The Labute approximate surface area is 191 Å². The van der Waals surface area contributed by atoms with Crippen LogP contribution in [0, 0.1) is 15.9 Å². The van der Waals surface area contributed by atoms with E-state index in [1.54, 1.807) is 12.1 Å². The molecule has 1 aromatic heterocycles. The Morgan fingerprint density at radius 3 is 2.58 bits per heavy atom. The number of furan rings is 1. The van der Waals surface area contributed by atoms with Crippen LogP contribution in [0.1, 0.15) is 22.5 Å². The van der Waals surface area contributed by atoms with E-state index in [9.17, 15) is 28.9 Å². The van der Waals surface area contributed by atoms with Crippen molar-refractivity contribution in [2.45, 2.75) is 19.0 Å². The van der Waals surface area contributed by atoms with E-state index in [-0.39, 0.29) is 29.2 Å². The summed E-state index contributed by atoms with van der Waals surface area (Å²) in [5, 5.41) is 11.1. The minimum Gasteiger partial charge on any atom is -0.467 e. The van der Waals surface area contributed by atoms with Crippen molar-refractivity contribution >= 4 is 40.7 Å². The number of amides is 3. The average Bonchev–Trinajstić information content (AvgIpc) is 3.40. The van der Waals surface area contributed by atoms with E-state index in [1.165, 1.54) is 30.5 Å². The lowest BCUT2D eigenvalue weighted by Gasteiger charge is -2.27. The molecule has 2 heterocycles. The molecule has 9 nitrogen and oxygen atoms in total. The molecule has 2 aromatic carbocycles. The summed E-state index contributed by atoms with van der Waals surface area (Å²) in [5.74, 6) is -2.18. The van der Waals surface area contributed by atoms with E-state index in [2.05, 4.69) is 0 Å². The van der Waals surface area contributed by atoms with Gasteiger partial charge >= 0.3 is 0 Å². The minimum absolute atomic E-state index is 0.0851. The highest BCUT2D eigenvalue weighted by Crippen LogP contribution is 2.30. The highest BCUT2D eigenvalue weighted by molar-refractivity contribution is 6.32. The lowest BCUT2D eigenvalue weighted by atomic mass is 10.1. The molecule has 0 spiro atoms. The lowest BCUT2D eigenvalue weighted by Crippen LogP contribution is -2.45. The van der Waals surface area contributed by atoms with Gasteiger partial charge in [-0.1, -0.05) is 11.6 Å². The Morgan fingerprint density at radius 2 is 1.94 bits per heavy atom. The van der Waals surface area contributed by atoms with E-state index < -0.39 is 40.2 Å². The van der Waals surface area contributed by atoms with Crippen LogP contribution in [0.2, 0.25) is 5.02 Å². The van der Waals surface area contributed by atoms with Crippen LogP contribution in [-0.4, -0.2) is 33.6 Å². The number of hydrogen-bond donors (Lipinski definition) is 0. The van der Waals surface area contributed by atoms with Crippen molar-refractivity contribution in [2.75, 3.05) is 4.90 Å². The predicted octanol–water partition coefficient (Wildman–Crippen LogP) is 3.95. The van der Waals surface area contributed by atoms with Crippen molar-refractivity contribution in [2.24, 2.45) is 0 Å². The van der Waals surface area contributed by atoms with Gasteiger partial charge in [-0.3, -0.25) is 24.5 Å². The van der Waals surface area contributed by atoms with E-state index in [0.717, 1.165) is 28.0 Å². The molecule has 1 aliphatic rings. The van der Waals surface area contributed by atoms with Gasteiger partial charge in [0.1, 0.15) is 22.6 Å². The van der Waals surface area contributed by atoms with Crippen molar-refractivity contribution in [1.82, 2.24) is 4.90 Å². The zero-order valence-corrected chi connectivity index (χ0v) is 17.6. The molecule has 33 heavy (non-hydrogen) atoms. The van der Waals surface area contributed by atoms with Crippen molar-refractivity contribution < 1.29 is 28.1 Å². The monoisotopic (exact) mass is 471 g/mol. The van der Waals surface area contributed by atoms with Gasteiger partial charge in [-0.2, -0.15) is 0 Å². The Bertz CT molecular complexity index is 1250. The molecule has 1 saturated heterocycles. The molecule has 0 saturated carbocycles. The maximum atomic E-state index is 13.4. The number of nitrogens with zero attached hydrogens (tertiary/aromatic N) is 3. The molecule has 1 unspecified atom stereocenters. The third-order valence-corrected chi connectivity index (χ3v) is 5.46. The smallest absolute Gasteiger partial charge is 0.288 e. The van der Waals surface area contributed by atoms with Crippen LogP contribution in [0.3, 0.4) is 0 Å². The fraction of sp³-hybridized carbons (Fsp3) is 0.136. The third kappa shape index (κ3) is 4.33. The maximum absolute atomic E-state index is 13.4. The third-order valence-electron chi connectivity index (χ3n) is 5.14. The quantitative estimate of drug-likeness (QED) is 0.305. The highest BCUT2D eigenvalue weighted by Gasteiger charge is 2.45. The Balaban J connectivity index is 1.70. The molecule has 4 rings (SSSR count). The summed E-state index contributed by atoms with van der Waals surface area (Å²) in [5.41, 5.74) is -0.387. The zero-order valence-electron chi connectivity index (χ0n) is 16.8. The van der Waals surface area contributed by atoms with Crippen LogP contribution in [0.4, 0.5) is 15.8 Å². The Morgan fingerprint density at radius 1 is 1.21 bits per heavy atom. The fourth-order valence-electron chi connectivity index (χ4n) is 3.57. The number of nitro benzene ring substituents is 1. The average molecular weight is 472 g/mol. The molecule has 1 aliphatic heterocycles. The second kappa shape index (κ2) is 8.83. The van der Waals surface area contributed by atoms with Gasteiger partial charge in [0.05, 0.1) is 29.8 Å². The van der Waals surface area contributed by atoms with Gasteiger partial charge < -0.3 is 9.32 Å². The molecule has 11 heteroatoms. The first-order chi connectivity index (χ1) is 15.8. The van der Waals surface area contributed by atoms with Crippen molar-refractivity contribution in [3.8, 4) is 0 Å². The summed E-state index contributed by atoms with van der Waals surface area (Å²) in [6, 6.07) is 10.3. The summed E-state index contributed by atoms with van der Waals surface area (Å²) in [6.07, 6.45) is 1.07. The van der Waals surface area contributed by atoms with Gasteiger partial charge in [0.15, 0.2) is 0 Å². The van der Waals surface area contributed by atoms with E-state index in [0.29, 0.717) is 5.76 Å². The van der Waals surface area contributed by atoms with E-state index >= 15 is 0 Å². The molecule has 1 atom stereocenters. The van der Waals surface area contributed by atoms with E-state index in [1.807, 2.05) is 0 Å².